The Labute approximate surface area is 125 Å². The summed E-state index contributed by atoms with van der Waals surface area (Å²) in [5.41, 5.74) is 1.26. The van der Waals surface area contributed by atoms with E-state index < -0.39 is 0 Å². The van der Waals surface area contributed by atoms with Gasteiger partial charge in [-0.25, -0.2) is 4.98 Å². The minimum atomic E-state index is 0.669. The summed E-state index contributed by atoms with van der Waals surface area (Å²) in [5.74, 6) is 1.67. The third-order valence-electron chi connectivity index (χ3n) is 4.77. The molecule has 0 saturated heterocycles. The van der Waals surface area contributed by atoms with Crippen LogP contribution < -0.4 is 5.32 Å². The maximum atomic E-state index is 4.76. The third kappa shape index (κ3) is 2.91. The Hall–Kier alpha value is -0.870. The Morgan fingerprint density at radius 2 is 2.35 bits per heavy atom. The summed E-state index contributed by atoms with van der Waals surface area (Å²) in [6.07, 6.45) is 12.2. The van der Waals surface area contributed by atoms with E-state index in [1.165, 1.54) is 37.8 Å². The monoisotopic (exact) mass is 291 g/mol. The number of hydrogen-bond acceptors (Lipinski definition) is 3. The molecule has 1 aliphatic carbocycles. The van der Waals surface area contributed by atoms with Crippen LogP contribution in [-0.4, -0.2) is 22.5 Å². The highest BCUT2D eigenvalue weighted by atomic mass is 32.1. The van der Waals surface area contributed by atoms with Crippen molar-refractivity contribution in [3.63, 3.8) is 0 Å². The normalized spacial score (nSPS) is 27.2. The number of aromatic nitrogens is 2. The van der Waals surface area contributed by atoms with Gasteiger partial charge in [-0.3, -0.25) is 4.40 Å². The van der Waals surface area contributed by atoms with Crippen molar-refractivity contribution < 1.29 is 0 Å². The van der Waals surface area contributed by atoms with Crippen LogP contribution in [0.5, 0.6) is 0 Å². The standard InChI is InChI=1S/C16H25N3S/c1-3-4-12-5-6-15(17-2)13(9-12)10-14-11-19-7-8-20-16(19)18-14/h7-8,11-13,15,17H,3-6,9-10H2,1-2H3. The summed E-state index contributed by atoms with van der Waals surface area (Å²) in [6.45, 7) is 2.31. The molecule has 2 aromatic rings. The maximum Gasteiger partial charge on any atom is 0.193 e. The molecule has 110 valence electrons. The van der Waals surface area contributed by atoms with Crippen LogP contribution in [0.25, 0.3) is 4.96 Å². The second-order valence-corrected chi connectivity index (χ2v) is 7.03. The summed E-state index contributed by atoms with van der Waals surface area (Å²) in [4.78, 5) is 5.89. The van der Waals surface area contributed by atoms with Gasteiger partial charge < -0.3 is 5.32 Å². The van der Waals surface area contributed by atoms with Gasteiger partial charge in [0.25, 0.3) is 0 Å². The van der Waals surface area contributed by atoms with Crippen molar-refractivity contribution in [2.45, 2.75) is 51.5 Å². The van der Waals surface area contributed by atoms with E-state index in [4.69, 9.17) is 4.98 Å². The molecule has 4 heteroatoms. The molecule has 1 fully saturated rings. The number of hydrogen-bond donors (Lipinski definition) is 1. The largest absolute Gasteiger partial charge is 0.317 e. The fourth-order valence-electron chi connectivity index (χ4n) is 3.78. The SMILES string of the molecule is CCCC1CCC(NC)C(Cc2cn3ccsc3n2)C1. The predicted octanol–water partition coefficient (Wildman–Crippen LogP) is 3.74. The summed E-state index contributed by atoms with van der Waals surface area (Å²) in [6, 6.07) is 0.669. The fourth-order valence-corrected chi connectivity index (χ4v) is 4.50. The molecule has 0 radical (unpaired) electrons. The molecule has 0 aliphatic heterocycles. The van der Waals surface area contributed by atoms with Gasteiger partial charge in [-0.15, -0.1) is 11.3 Å². The number of nitrogens with one attached hydrogen (secondary N) is 1. The topological polar surface area (TPSA) is 29.3 Å². The van der Waals surface area contributed by atoms with E-state index in [0.717, 1.165) is 23.2 Å². The summed E-state index contributed by atoms with van der Waals surface area (Å²) in [7, 11) is 2.11. The summed E-state index contributed by atoms with van der Waals surface area (Å²) < 4.78 is 2.15. The zero-order valence-electron chi connectivity index (χ0n) is 12.5. The number of rotatable bonds is 5. The Bertz CT molecular complexity index is 516. The van der Waals surface area contributed by atoms with Gasteiger partial charge in [-0.05, 0) is 44.6 Å². The van der Waals surface area contributed by atoms with Gasteiger partial charge in [0, 0.05) is 23.8 Å². The lowest BCUT2D eigenvalue weighted by Crippen LogP contribution is -2.39. The van der Waals surface area contributed by atoms with E-state index in [9.17, 15) is 0 Å². The molecule has 1 aliphatic rings. The molecular formula is C16H25N3S. The molecule has 3 atom stereocenters. The van der Waals surface area contributed by atoms with E-state index >= 15 is 0 Å². The second-order valence-electron chi connectivity index (χ2n) is 6.15. The van der Waals surface area contributed by atoms with E-state index in [1.807, 2.05) is 0 Å². The molecule has 0 amide bonds. The van der Waals surface area contributed by atoms with Crippen molar-refractivity contribution >= 4 is 16.3 Å². The van der Waals surface area contributed by atoms with Gasteiger partial charge in [0.2, 0.25) is 0 Å². The Morgan fingerprint density at radius 3 is 3.10 bits per heavy atom. The molecule has 2 aromatic heterocycles. The summed E-state index contributed by atoms with van der Waals surface area (Å²) >= 11 is 1.72. The van der Waals surface area contributed by atoms with Crippen molar-refractivity contribution in [2.24, 2.45) is 11.8 Å². The molecule has 3 rings (SSSR count). The first-order chi connectivity index (χ1) is 9.80. The van der Waals surface area contributed by atoms with E-state index in [-0.39, 0.29) is 0 Å². The number of thiazole rings is 1. The van der Waals surface area contributed by atoms with Crippen molar-refractivity contribution in [2.75, 3.05) is 7.05 Å². The zero-order chi connectivity index (χ0) is 13.9. The maximum absolute atomic E-state index is 4.76. The van der Waals surface area contributed by atoms with Gasteiger partial charge in [0.1, 0.15) is 0 Å². The van der Waals surface area contributed by atoms with Crippen LogP contribution in [0.15, 0.2) is 17.8 Å². The zero-order valence-corrected chi connectivity index (χ0v) is 13.3. The Morgan fingerprint density at radius 1 is 1.45 bits per heavy atom. The van der Waals surface area contributed by atoms with Crippen LogP contribution in [0.2, 0.25) is 0 Å². The predicted molar refractivity (Wildman–Crippen MR) is 85.4 cm³/mol. The van der Waals surface area contributed by atoms with Crippen molar-refractivity contribution in [3.8, 4) is 0 Å². The Balaban J connectivity index is 1.70. The number of fused-ring (bicyclic) bond motifs is 1. The number of nitrogens with zero attached hydrogens (tertiary/aromatic N) is 2. The van der Waals surface area contributed by atoms with Gasteiger partial charge in [0.05, 0.1) is 5.69 Å². The van der Waals surface area contributed by atoms with Crippen molar-refractivity contribution in [1.29, 1.82) is 0 Å². The molecule has 0 aromatic carbocycles. The van der Waals surface area contributed by atoms with Gasteiger partial charge >= 0.3 is 0 Å². The molecule has 2 heterocycles. The molecule has 0 spiro atoms. The van der Waals surface area contributed by atoms with Gasteiger partial charge in [-0.2, -0.15) is 0 Å². The first-order valence-electron chi connectivity index (χ1n) is 7.88. The lowest BCUT2D eigenvalue weighted by atomic mass is 9.74. The van der Waals surface area contributed by atoms with Crippen LogP contribution in [0, 0.1) is 11.8 Å². The first kappa shape index (κ1) is 14.1. The average Bonchev–Trinajstić information content (AvgIpc) is 3.00. The lowest BCUT2D eigenvalue weighted by molar-refractivity contribution is 0.199. The van der Waals surface area contributed by atoms with Gasteiger partial charge in [0.15, 0.2) is 4.96 Å². The smallest absolute Gasteiger partial charge is 0.193 e. The van der Waals surface area contributed by atoms with Crippen LogP contribution >= 0.6 is 11.3 Å². The van der Waals surface area contributed by atoms with Crippen LogP contribution in [0.4, 0.5) is 0 Å². The number of imidazole rings is 1. The molecule has 3 nitrogen and oxygen atoms in total. The molecular weight excluding hydrogens is 266 g/mol. The van der Waals surface area contributed by atoms with Crippen LogP contribution in [-0.2, 0) is 6.42 Å². The minimum absolute atomic E-state index is 0.669. The molecule has 3 unspecified atom stereocenters. The molecule has 0 bridgehead atoms. The van der Waals surface area contributed by atoms with Gasteiger partial charge in [-0.1, -0.05) is 19.8 Å². The van der Waals surface area contributed by atoms with Crippen LogP contribution in [0.3, 0.4) is 0 Å². The van der Waals surface area contributed by atoms with Crippen molar-refractivity contribution in [3.05, 3.63) is 23.5 Å². The average molecular weight is 291 g/mol. The molecule has 20 heavy (non-hydrogen) atoms. The fraction of sp³-hybridized carbons (Fsp3) is 0.688. The van der Waals surface area contributed by atoms with E-state index in [2.05, 4.69) is 41.5 Å². The minimum Gasteiger partial charge on any atom is -0.317 e. The highest BCUT2D eigenvalue weighted by Crippen LogP contribution is 2.34. The quantitative estimate of drug-likeness (QED) is 0.909. The second kappa shape index (κ2) is 6.27. The summed E-state index contributed by atoms with van der Waals surface area (Å²) in [5, 5.41) is 5.63. The molecule has 1 N–H and O–H groups in total. The molecule has 1 saturated carbocycles. The van der Waals surface area contributed by atoms with E-state index in [1.54, 1.807) is 11.3 Å². The first-order valence-corrected chi connectivity index (χ1v) is 8.76. The third-order valence-corrected chi connectivity index (χ3v) is 5.54. The van der Waals surface area contributed by atoms with E-state index in [0.29, 0.717) is 6.04 Å². The lowest BCUT2D eigenvalue weighted by Gasteiger charge is -2.36. The Kier molecular flexibility index (Phi) is 4.41. The van der Waals surface area contributed by atoms with Crippen LogP contribution in [0.1, 0.15) is 44.7 Å². The highest BCUT2D eigenvalue weighted by molar-refractivity contribution is 7.15. The highest BCUT2D eigenvalue weighted by Gasteiger charge is 2.29. The van der Waals surface area contributed by atoms with Crippen molar-refractivity contribution in [1.82, 2.24) is 14.7 Å².